The van der Waals surface area contributed by atoms with Crippen LogP contribution in [0.25, 0.3) is 0 Å². The molecule has 3 aliphatic heterocycles. The van der Waals surface area contributed by atoms with E-state index in [1.807, 2.05) is 0 Å². The molecule has 1 unspecified atom stereocenters. The predicted molar refractivity (Wildman–Crippen MR) is 107 cm³/mol. The largest absolute Gasteiger partial charge is 0.490 e. The van der Waals surface area contributed by atoms with E-state index in [0.717, 1.165) is 4.90 Å². The van der Waals surface area contributed by atoms with E-state index in [9.17, 15) is 37.5 Å². The van der Waals surface area contributed by atoms with Gasteiger partial charge in [-0.1, -0.05) is 0 Å². The summed E-state index contributed by atoms with van der Waals surface area (Å²) in [5.74, 6) is -7.52. The number of aliphatic imine (C=N–C) groups is 2. The van der Waals surface area contributed by atoms with E-state index < -0.39 is 59.6 Å². The lowest BCUT2D eigenvalue weighted by atomic mass is 10.0. The third kappa shape index (κ3) is 6.10. The van der Waals surface area contributed by atoms with Crippen molar-refractivity contribution in [3.63, 3.8) is 0 Å². The van der Waals surface area contributed by atoms with Gasteiger partial charge in [-0.25, -0.2) is 19.6 Å². The molecule has 17 heteroatoms. The molecule has 1 fully saturated rings. The Kier molecular flexibility index (Phi) is 8.04. The predicted octanol–water partition coefficient (Wildman–Crippen LogP) is -0.321. The second kappa shape index (κ2) is 10.2. The van der Waals surface area contributed by atoms with Crippen molar-refractivity contribution in [1.82, 2.24) is 10.2 Å². The third-order valence-electron chi connectivity index (χ3n) is 4.37. The zero-order valence-corrected chi connectivity index (χ0v) is 17.9. The van der Waals surface area contributed by atoms with Crippen LogP contribution in [0, 0.1) is 0 Å². The smallest absolute Gasteiger partial charge is 0.481 e. The number of carbonyl (C=O) groups excluding carboxylic acids is 2. The van der Waals surface area contributed by atoms with Crippen LogP contribution >= 0.6 is 11.8 Å². The van der Waals surface area contributed by atoms with Gasteiger partial charge in [0, 0.05) is 30.7 Å². The highest BCUT2D eigenvalue weighted by Crippen LogP contribution is 2.41. The summed E-state index contributed by atoms with van der Waals surface area (Å²) in [4.78, 5) is 64.4. The van der Waals surface area contributed by atoms with Crippen molar-refractivity contribution in [2.24, 2.45) is 9.98 Å². The van der Waals surface area contributed by atoms with Gasteiger partial charge in [-0.2, -0.15) is 13.2 Å². The lowest BCUT2D eigenvalue weighted by molar-refractivity contribution is -0.192. The van der Waals surface area contributed by atoms with Gasteiger partial charge in [-0.15, -0.1) is 11.8 Å². The molecule has 0 radical (unpaired) electrons. The van der Waals surface area contributed by atoms with Crippen LogP contribution in [0.1, 0.15) is 13.3 Å². The zero-order valence-electron chi connectivity index (χ0n) is 17.1. The molecule has 0 aromatic rings. The SMILES string of the molecule is CC(=O)OCC1=C(C(=O)O)N2C(=O)C(NC3(CC(=O)O)N=CC=N3)[C@@H]2SC1.O=C(O)C(F)(F)F. The number of aliphatic carboxylic acids is 3. The van der Waals surface area contributed by atoms with Gasteiger partial charge in [0.05, 0.1) is 0 Å². The minimum absolute atomic E-state index is 0.212. The van der Waals surface area contributed by atoms with Crippen LogP contribution < -0.4 is 5.32 Å². The lowest BCUT2D eigenvalue weighted by Gasteiger charge is -2.51. The number of esters is 1. The number of rotatable bonds is 7. The molecule has 13 nitrogen and oxygen atoms in total. The number of ether oxygens (including phenoxy) is 1. The van der Waals surface area contributed by atoms with Crippen molar-refractivity contribution in [3.8, 4) is 0 Å². The van der Waals surface area contributed by atoms with Gasteiger partial charge in [0.1, 0.15) is 30.1 Å². The molecule has 4 N–H and O–H groups in total. The zero-order chi connectivity index (χ0) is 25.8. The standard InChI is InChI=1S/C15H16N4O7S.C2HF3O2/c1-7(20)26-5-8-6-27-13-10(12(23)19(13)11(8)14(24)25)18-15(4-9(21)22)16-2-3-17-15;3-2(4,5)1(6)7/h2-3,10,13,18H,4-6H2,1H3,(H,21,22)(H,24,25);(H,6,7)/t10?,13-;/m0./s1. The van der Waals surface area contributed by atoms with Gasteiger partial charge in [-0.05, 0) is 0 Å². The summed E-state index contributed by atoms with van der Waals surface area (Å²) < 4.78 is 36.6. The lowest BCUT2D eigenvalue weighted by Crippen LogP contribution is -2.72. The van der Waals surface area contributed by atoms with E-state index in [0.29, 0.717) is 5.57 Å². The molecule has 3 rings (SSSR count). The van der Waals surface area contributed by atoms with E-state index in [-0.39, 0.29) is 18.1 Å². The van der Waals surface area contributed by atoms with Crippen molar-refractivity contribution >= 4 is 54.0 Å². The Bertz CT molecular complexity index is 983. The van der Waals surface area contributed by atoms with Crippen LogP contribution in [0.15, 0.2) is 21.3 Å². The number of nitrogens with one attached hydrogen (secondary N) is 1. The Morgan fingerprint density at radius 1 is 1.24 bits per heavy atom. The molecule has 1 saturated heterocycles. The highest BCUT2D eigenvalue weighted by molar-refractivity contribution is 8.00. The summed E-state index contributed by atoms with van der Waals surface area (Å²) in [6, 6.07) is -0.841. The monoisotopic (exact) mass is 510 g/mol. The van der Waals surface area contributed by atoms with Crippen molar-refractivity contribution in [3.05, 3.63) is 11.3 Å². The maximum absolute atomic E-state index is 12.6. The second-order valence-electron chi connectivity index (χ2n) is 6.82. The average Bonchev–Trinajstić information content (AvgIpc) is 3.16. The van der Waals surface area contributed by atoms with Crippen molar-refractivity contribution in [1.29, 1.82) is 0 Å². The van der Waals surface area contributed by atoms with Crippen molar-refractivity contribution in [2.75, 3.05) is 12.4 Å². The molecule has 3 aliphatic rings. The van der Waals surface area contributed by atoms with Crippen molar-refractivity contribution < 1.29 is 57.2 Å². The molecule has 0 aromatic carbocycles. The molecule has 34 heavy (non-hydrogen) atoms. The van der Waals surface area contributed by atoms with E-state index in [1.54, 1.807) is 0 Å². The number of thioether (sulfide) groups is 1. The molecular weight excluding hydrogens is 493 g/mol. The molecule has 1 amide bonds. The van der Waals surface area contributed by atoms with Crippen LogP contribution in [0.3, 0.4) is 0 Å². The molecule has 0 saturated carbocycles. The molecule has 0 aromatic heterocycles. The van der Waals surface area contributed by atoms with Crippen LogP contribution in [0.2, 0.25) is 0 Å². The van der Waals surface area contributed by atoms with E-state index in [1.165, 1.54) is 31.1 Å². The number of carbonyl (C=O) groups is 5. The fraction of sp³-hybridized carbons (Fsp3) is 0.471. The Labute approximate surface area is 192 Å². The van der Waals surface area contributed by atoms with Crippen LogP contribution in [0.4, 0.5) is 13.2 Å². The van der Waals surface area contributed by atoms with Gasteiger partial charge in [0.25, 0.3) is 0 Å². The fourth-order valence-electron chi connectivity index (χ4n) is 3.01. The van der Waals surface area contributed by atoms with E-state index in [4.69, 9.17) is 19.7 Å². The van der Waals surface area contributed by atoms with Gasteiger partial charge in [-0.3, -0.25) is 24.6 Å². The van der Waals surface area contributed by atoms with Gasteiger partial charge < -0.3 is 20.1 Å². The summed E-state index contributed by atoms with van der Waals surface area (Å²) in [7, 11) is 0. The fourth-order valence-corrected chi connectivity index (χ4v) is 4.33. The summed E-state index contributed by atoms with van der Waals surface area (Å²) in [5, 5.41) is 28.0. The number of alkyl halides is 3. The topological polar surface area (TPSA) is 195 Å². The Hall–Kier alpha value is -3.47. The molecule has 3 heterocycles. The minimum atomic E-state index is -5.08. The van der Waals surface area contributed by atoms with Crippen molar-refractivity contribution in [2.45, 2.75) is 36.7 Å². The quantitative estimate of drug-likeness (QED) is 0.259. The first-order valence-electron chi connectivity index (χ1n) is 9.10. The number of amides is 1. The third-order valence-corrected chi connectivity index (χ3v) is 5.71. The van der Waals surface area contributed by atoms with Gasteiger partial charge in [0.15, 0.2) is 0 Å². The number of hydrogen-bond donors (Lipinski definition) is 4. The Morgan fingerprint density at radius 3 is 2.24 bits per heavy atom. The Morgan fingerprint density at radius 2 is 1.79 bits per heavy atom. The number of hydrogen-bond acceptors (Lipinski definition) is 10. The van der Waals surface area contributed by atoms with Gasteiger partial charge >= 0.3 is 30.1 Å². The normalized spacial score (nSPS) is 22.4. The van der Waals surface area contributed by atoms with Crippen LogP contribution in [-0.2, 0) is 28.7 Å². The van der Waals surface area contributed by atoms with Crippen LogP contribution in [-0.4, -0.2) is 98.2 Å². The van der Waals surface area contributed by atoms with E-state index in [2.05, 4.69) is 15.3 Å². The number of nitrogens with zero attached hydrogens (tertiary/aromatic N) is 3. The average molecular weight is 510 g/mol. The highest BCUT2D eigenvalue weighted by Gasteiger charge is 2.56. The van der Waals surface area contributed by atoms with Gasteiger partial charge in [0.2, 0.25) is 11.7 Å². The number of carboxylic acids is 3. The first-order chi connectivity index (χ1) is 15.7. The summed E-state index contributed by atoms with van der Waals surface area (Å²) in [6.45, 7) is 0.995. The number of fused-ring (bicyclic) bond motifs is 1. The van der Waals surface area contributed by atoms with E-state index >= 15 is 0 Å². The maximum atomic E-state index is 12.6. The molecule has 0 bridgehead atoms. The number of carboxylic acid groups (broad SMARTS) is 3. The minimum Gasteiger partial charge on any atom is -0.481 e. The Balaban J connectivity index is 0.000000509. The first-order valence-corrected chi connectivity index (χ1v) is 10.2. The molecule has 2 atom stereocenters. The maximum Gasteiger partial charge on any atom is 0.490 e. The molecular formula is C17H17F3N4O9S. The van der Waals surface area contributed by atoms with Crippen LogP contribution in [0.5, 0.6) is 0 Å². The second-order valence-corrected chi connectivity index (χ2v) is 7.92. The molecule has 0 aliphatic carbocycles. The summed E-state index contributed by atoms with van der Waals surface area (Å²) >= 11 is 1.29. The highest BCUT2D eigenvalue weighted by atomic mass is 32.2. The molecule has 0 spiro atoms. The summed E-state index contributed by atoms with van der Waals surface area (Å²) in [5.41, 5.74) is 0.108. The first kappa shape index (κ1) is 26.8. The number of β-lactam (4-membered cyclic amide) rings is 1. The molecule has 186 valence electrons. The summed E-state index contributed by atoms with van der Waals surface area (Å²) in [6.07, 6.45) is -2.87. The number of halogens is 3.